The van der Waals surface area contributed by atoms with E-state index in [1.54, 1.807) is 12.1 Å². The third-order valence-corrected chi connectivity index (χ3v) is 3.81. The van der Waals surface area contributed by atoms with Gasteiger partial charge in [-0.05, 0) is 65.1 Å². The summed E-state index contributed by atoms with van der Waals surface area (Å²) in [6.07, 6.45) is 0. The zero-order valence-electron chi connectivity index (χ0n) is 10.7. The number of aromatic amines is 1. The number of rotatable bonds is 3. The lowest BCUT2D eigenvalue weighted by Crippen LogP contribution is -1.94. The lowest BCUT2D eigenvalue weighted by Gasteiger charge is -2.10. The van der Waals surface area contributed by atoms with Crippen LogP contribution in [0.25, 0.3) is 11.3 Å². The summed E-state index contributed by atoms with van der Waals surface area (Å²) >= 11 is 7.23. The van der Waals surface area contributed by atoms with Gasteiger partial charge < -0.3 is 9.84 Å². The van der Waals surface area contributed by atoms with Gasteiger partial charge in [-0.2, -0.15) is 0 Å². The van der Waals surface area contributed by atoms with E-state index in [9.17, 15) is 4.39 Å². The fourth-order valence-electron chi connectivity index (χ4n) is 1.94. The van der Waals surface area contributed by atoms with Gasteiger partial charge in [-0.15, -0.1) is 0 Å². The summed E-state index contributed by atoms with van der Waals surface area (Å²) in [4.78, 5) is 0. The second-order valence-electron chi connectivity index (χ2n) is 4.40. The van der Waals surface area contributed by atoms with Crippen LogP contribution in [-0.2, 0) is 0 Å². The van der Waals surface area contributed by atoms with Gasteiger partial charge in [-0.25, -0.2) is 9.55 Å². The second kappa shape index (κ2) is 5.98. The van der Waals surface area contributed by atoms with Crippen molar-refractivity contribution in [3.63, 3.8) is 0 Å². The first kappa shape index (κ1) is 14.3. The van der Waals surface area contributed by atoms with Gasteiger partial charge in [-0.1, -0.05) is 12.2 Å². The van der Waals surface area contributed by atoms with Gasteiger partial charge in [0, 0.05) is 20.9 Å². The Balaban J connectivity index is 2.02. The van der Waals surface area contributed by atoms with Crippen LogP contribution in [0.2, 0.25) is 0 Å². The Morgan fingerprint density at radius 3 is 2.52 bits per heavy atom. The fraction of sp³-hybridized carbons (Fsp3) is 0. The number of anilines is 2. The molecule has 0 aliphatic heterocycles. The van der Waals surface area contributed by atoms with Crippen LogP contribution in [0, 0.1) is 14.0 Å². The Kier molecular flexibility index (Phi) is 4.07. The molecule has 0 spiro atoms. The van der Waals surface area contributed by atoms with Crippen molar-refractivity contribution in [3.8, 4) is 11.3 Å². The Morgan fingerprint density at radius 1 is 1.10 bits per heavy atom. The Bertz CT molecular complexity index is 826. The SMILES string of the molecule is Fc1ccc(-c2cc(=S)[nH]o2)c(Nc2ccc(I)cc2)c1. The van der Waals surface area contributed by atoms with Crippen molar-refractivity contribution in [1.29, 1.82) is 0 Å². The van der Waals surface area contributed by atoms with E-state index in [1.807, 2.05) is 24.3 Å². The van der Waals surface area contributed by atoms with Gasteiger partial charge in [-0.3, -0.25) is 0 Å². The van der Waals surface area contributed by atoms with Crippen LogP contribution in [0.1, 0.15) is 0 Å². The molecule has 3 rings (SSSR count). The summed E-state index contributed by atoms with van der Waals surface area (Å²) in [6, 6.07) is 14.0. The largest absolute Gasteiger partial charge is 0.381 e. The standard InChI is InChI=1S/C15H10FIN2OS/c16-9-1-6-12(14-8-15(21)19-20-14)13(7-9)18-11-4-2-10(17)3-5-11/h1-8,18H,(H,19,21). The van der Waals surface area contributed by atoms with Crippen LogP contribution in [0.4, 0.5) is 15.8 Å². The summed E-state index contributed by atoms with van der Waals surface area (Å²) < 4.78 is 20.5. The number of nitrogens with one attached hydrogen (secondary N) is 2. The maximum atomic E-state index is 13.5. The molecule has 0 bridgehead atoms. The first-order valence-electron chi connectivity index (χ1n) is 6.13. The van der Waals surface area contributed by atoms with E-state index >= 15 is 0 Å². The smallest absolute Gasteiger partial charge is 0.167 e. The molecule has 0 saturated carbocycles. The zero-order chi connectivity index (χ0) is 14.8. The third-order valence-electron chi connectivity index (χ3n) is 2.89. The van der Waals surface area contributed by atoms with Crippen LogP contribution in [0.3, 0.4) is 0 Å². The van der Waals surface area contributed by atoms with E-state index in [4.69, 9.17) is 16.7 Å². The van der Waals surface area contributed by atoms with Crippen LogP contribution < -0.4 is 5.32 Å². The van der Waals surface area contributed by atoms with Gasteiger partial charge in [0.05, 0.1) is 5.69 Å². The molecule has 0 unspecified atom stereocenters. The number of hydrogen-bond acceptors (Lipinski definition) is 3. The van der Waals surface area contributed by atoms with Crippen molar-refractivity contribution in [2.45, 2.75) is 0 Å². The van der Waals surface area contributed by atoms with Gasteiger partial charge >= 0.3 is 0 Å². The summed E-state index contributed by atoms with van der Waals surface area (Å²) in [5.74, 6) is 0.244. The van der Waals surface area contributed by atoms with Gasteiger partial charge in [0.1, 0.15) is 10.5 Å². The molecule has 0 radical (unpaired) electrons. The molecule has 6 heteroatoms. The number of halogens is 2. The first-order valence-corrected chi connectivity index (χ1v) is 7.61. The van der Waals surface area contributed by atoms with E-state index < -0.39 is 0 Å². The molecule has 1 aromatic heterocycles. The average Bonchev–Trinajstić information content (AvgIpc) is 2.88. The third kappa shape index (κ3) is 3.33. The highest BCUT2D eigenvalue weighted by molar-refractivity contribution is 14.1. The molecule has 2 aromatic carbocycles. The molecule has 21 heavy (non-hydrogen) atoms. The van der Waals surface area contributed by atoms with Gasteiger partial charge in [0.15, 0.2) is 5.76 Å². The molecular formula is C15H10FIN2OS. The minimum Gasteiger partial charge on any atom is -0.381 e. The zero-order valence-corrected chi connectivity index (χ0v) is 13.7. The monoisotopic (exact) mass is 412 g/mol. The molecule has 0 fully saturated rings. The van der Waals surface area contributed by atoms with E-state index in [-0.39, 0.29) is 5.82 Å². The first-order chi connectivity index (χ1) is 10.1. The molecule has 0 saturated heterocycles. The van der Waals surface area contributed by atoms with Crippen molar-refractivity contribution in [2.75, 3.05) is 5.32 Å². The lowest BCUT2D eigenvalue weighted by molar-refractivity contribution is 0.430. The van der Waals surface area contributed by atoms with Crippen LogP contribution >= 0.6 is 34.8 Å². The molecule has 2 N–H and O–H groups in total. The van der Waals surface area contributed by atoms with Crippen LogP contribution in [0.15, 0.2) is 53.1 Å². The molecule has 0 aliphatic carbocycles. The highest BCUT2D eigenvalue weighted by Crippen LogP contribution is 2.31. The van der Waals surface area contributed by atoms with E-state index in [0.717, 1.165) is 14.8 Å². The Morgan fingerprint density at radius 2 is 1.86 bits per heavy atom. The quantitative estimate of drug-likeness (QED) is 0.442. The number of benzene rings is 2. The predicted molar refractivity (Wildman–Crippen MR) is 91.7 cm³/mol. The van der Waals surface area contributed by atoms with Crippen molar-refractivity contribution in [2.24, 2.45) is 0 Å². The van der Waals surface area contributed by atoms with Crippen LogP contribution in [-0.4, -0.2) is 5.16 Å². The van der Waals surface area contributed by atoms with Gasteiger partial charge in [0.2, 0.25) is 0 Å². The topological polar surface area (TPSA) is 41.0 Å². The molecule has 0 amide bonds. The van der Waals surface area contributed by atoms with Gasteiger partial charge in [0.25, 0.3) is 0 Å². The van der Waals surface area contributed by atoms with E-state index in [2.05, 4.69) is 33.1 Å². The van der Waals surface area contributed by atoms with Crippen molar-refractivity contribution < 1.29 is 8.91 Å². The number of aromatic nitrogens is 1. The lowest BCUT2D eigenvalue weighted by atomic mass is 10.1. The van der Waals surface area contributed by atoms with E-state index in [1.165, 1.54) is 12.1 Å². The maximum absolute atomic E-state index is 13.5. The average molecular weight is 412 g/mol. The molecular weight excluding hydrogens is 402 g/mol. The molecule has 3 nitrogen and oxygen atoms in total. The minimum atomic E-state index is -0.319. The summed E-state index contributed by atoms with van der Waals surface area (Å²) in [5, 5.41) is 5.79. The number of hydrogen-bond donors (Lipinski definition) is 2. The minimum absolute atomic E-state index is 0.319. The van der Waals surface area contributed by atoms with E-state index in [0.29, 0.717) is 16.1 Å². The molecule has 3 aromatic rings. The molecule has 1 heterocycles. The summed E-state index contributed by atoms with van der Waals surface area (Å²) in [6.45, 7) is 0. The summed E-state index contributed by atoms with van der Waals surface area (Å²) in [7, 11) is 0. The van der Waals surface area contributed by atoms with Crippen molar-refractivity contribution in [1.82, 2.24) is 5.16 Å². The van der Waals surface area contributed by atoms with Crippen molar-refractivity contribution in [3.05, 3.63) is 62.6 Å². The predicted octanol–water partition coefficient (Wildman–Crippen LogP) is 5.49. The van der Waals surface area contributed by atoms with Crippen LogP contribution in [0.5, 0.6) is 0 Å². The molecule has 0 aliphatic rings. The Hall–Kier alpha value is -1.67. The molecule has 106 valence electrons. The molecule has 0 atom stereocenters. The highest BCUT2D eigenvalue weighted by atomic mass is 127. The Labute approximate surface area is 139 Å². The maximum Gasteiger partial charge on any atom is 0.167 e. The van der Waals surface area contributed by atoms with Crippen molar-refractivity contribution >= 4 is 46.2 Å². The second-order valence-corrected chi connectivity index (χ2v) is 6.08. The fourth-order valence-corrected chi connectivity index (χ4v) is 2.45. The highest BCUT2D eigenvalue weighted by Gasteiger charge is 2.10. The number of H-pyrrole nitrogens is 1. The normalized spacial score (nSPS) is 10.6. The summed E-state index contributed by atoms with van der Waals surface area (Å²) in [5.41, 5.74) is 2.23.